The maximum atomic E-state index is 12.1. The average Bonchev–Trinajstić information content (AvgIpc) is 1.61. The second kappa shape index (κ2) is 55.8. The van der Waals surface area contributed by atoms with Crippen LogP contribution in [-0.4, -0.2) is 183 Å². The average molecular weight is 2180 g/mol. The van der Waals surface area contributed by atoms with Crippen LogP contribution in [0.2, 0.25) is 109 Å². The standard InChI is InChI=1S/2C42H76O5Si2.C42H74O5Si2.B.Na.H/c3*1-31(18-16-25-41(8,9)45-30-44-11)35-22-23-36-33(19-17-26-42(35,36)10)21-20-32-28-37(46-48(12,13)39(2,3)4)34(24-27-43)38(29-32)47-49(14,15)40(5,6)7;;;/h2*16,18,20-21,24,31,35-38,43H,17,19,22-23,25-30H2,1-15H3;16,18,20-21,24,27,31,35-38H,17,19,22-23,25-26,28-30H2,1-15H3;;;/q;;;;+1;-1/b3*18-16+,32-20?,33-21+,34-24?;;;/t3*31-,35?,36?,37-,38-,42?;;;/m111.../s1. The van der Waals surface area contributed by atoms with Crippen LogP contribution in [0.25, 0.3) is 0 Å². The number of rotatable bonds is 39. The van der Waals surface area contributed by atoms with Crippen LogP contribution in [0.3, 0.4) is 0 Å². The van der Waals surface area contributed by atoms with Crippen molar-refractivity contribution in [3.63, 3.8) is 0 Å². The first kappa shape index (κ1) is 138. The van der Waals surface area contributed by atoms with Crippen molar-refractivity contribution in [2.75, 3.05) is 54.9 Å². The second-order valence-electron chi connectivity index (χ2n) is 58.4. The molecule has 9 aliphatic rings. The van der Waals surface area contributed by atoms with Crippen molar-refractivity contribution in [3.8, 4) is 0 Å². The van der Waals surface area contributed by atoms with Gasteiger partial charge in [-0.3, -0.25) is 4.79 Å². The molecule has 9 fully saturated rings. The normalized spacial score (nSPS) is 28.7. The molecule has 9 unspecified atom stereocenters. The Morgan fingerprint density at radius 1 is 0.336 bits per heavy atom. The summed E-state index contributed by atoms with van der Waals surface area (Å²) in [6, 6.07) is 0. The SMILES string of the molecule is COCOC(C)(C)C/C=C/[C@@H](C)C1CCC2/C(=C/C=C3C[C@@H](O[Si](C)(C)C(C)(C)C)C(=CC=O)[C@H](O[Si](C)(C)C(C)(C)C)C3)CCCC21C.COCOC(C)(C)C/C=C/[C@@H](C)C1CCC2/C(=C/C=C3C[C@@H](O[Si](C)(C)C(C)(C)C)C(=CCO)[C@H](O[Si](C)(C)C(C)(C)C)C3)CCCC21C.COCOC(C)(C)C/C=C/[C@@H](C)C1CCC2/C(=C/C=C3C[C@@H](O[Si](C)(C)C(C)(C)C)C(=CCO)[C@H](O[Si](C)(C)C(C)(C)C)C3)CCCC21C.[B].[H-].[Na+]. The monoisotopic (exact) mass is 2180 g/mol. The molecule has 0 aromatic rings. The summed E-state index contributed by atoms with van der Waals surface area (Å²) in [5.41, 5.74) is 12.8. The number of carbonyl (C=O) groups excluding carboxylic acids is 1. The van der Waals surface area contributed by atoms with Gasteiger partial charge in [-0.15, -0.1) is 0 Å². The Bertz CT molecular complexity index is 4290. The predicted molar refractivity (Wildman–Crippen MR) is 644 cm³/mol. The Hall–Kier alpha value is -1.64. The fourth-order valence-electron chi connectivity index (χ4n) is 24.3. The number of hydrogen-bond acceptors (Lipinski definition) is 15. The van der Waals surface area contributed by atoms with Crippen molar-refractivity contribution in [3.05, 3.63) is 141 Å². The van der Waals surface area contributed by atoms with E-state index >= 15 is 0 Å². The zero-order chi connectivity index (χ0) is 111. The quantitative estimate of drug-likeness (QED) is 0.0196. The maximum Gasteiger partial charge on any atom is 1.00 e. The minimum Gasteiger partial charge on any atom is -1.00 e. The van der Waals surface area contributed by atoms with Gasteiger partial charge in [0, 0.05) is 29.7 Å². The first-order chi connectivity index (χ1) is 67.4. The molecule has 15 nitrogen and oxygen atoms in total. The molecular weight excluding hydrogens is 1960 g/mol. The van der Waals surface area contributed by atoms with Crippen molar-refractivity contribution in [1.29, 1.82) is 0 Å². The van der Waals surface area contributed by atoms with Crippen LogP contribution in [0.15, 0.2) is 141 Å². The van der Waals surface area contributed by atoms with Crippen molar-refractivity contribution in [1.82, 2.24) is 0 Å². The number of hydrogen-bond donors (Lipinski definition) is 2. The molecule has 9 aliphatic carbocycles. The summed E-state index contributed by atoms with van der Waals surface area (Å²) in [5.74, 6) is 5.62. The summed E-state index contributed by atoms with van der Waals surface area (Å²) in [5, 5.41) is 20.9. The Balaban J connectivity index is 0.000000464. The molecule has 3 radical (unpaired) electrons. The number of aliphatic hydroxyl groups is 2. The predicted octanol–water partition coefficient (Wildman–Crippen LogP) is 31.5. The van der Waals surface area contributed by atoms with Gasteiger partial charge in [-0.25, -0.2) is 0 Å². The van der Waals surface area contributed by atoms with Crippen LogP contribution in [-0.2, 0) is 59.8 Å². The number of methoxy groups -OCH3 is 3. The van der Waals surface area contributed by atoms with Gasteiger partial charge in [0.1, 0.15) is 26.7 Å². The summed E-state index contributed by atoms with van der Waals surface area (Å²) in [6.07, 6.45) is 62.3. The summed E-state index contributed by atoms with van der Waals surface area (Å²) in [6.45, 7) is 98.4. The molecule has 9 rings (SSSR count). The molecule has 0 bridgehead atoms. The fourth-order valence-corrected chi connectivity index (χ4v) is 32.0. The number of aliphatic hydroxyl groups excluding tert-OH is 2. The van der Waals surface area contributed by atoms with E-state index in [2.05, 4.69) is 359 Å². The molecule has 0 aliphatic heterocycles. The number of fused-ring (bicyclic) bond motifs is 3. The molecule has 9 saturated carbocycles. The van der Waals surface area contributed by atoms with E-state index in [4.69, 9.17) is 55.0 Å². The Labute approximate surface area is 947 Å². The smallest absolute Gasteiger partial charge is 1.00 e. The molecule has 0 spiro atoms. The summed E-state index contributed by atoms with van der Waals surface area (Å²) >= 11 is 0. The van der Waals surface area contributed by atoms with E-state index in [1.165, 1.54) is 113 Å². The van der Waals surface area contributed by atoms with E-state index in [9.17, 15) is 15.0 Å². The van der Waals surface area contributed by atoms with Crippen LogP contribution in [0.5, 0.6) is 0 Å². The van der Waals surface area contributed by atoms with Gasteiger partial charge in [-0.1, -0.05) is 285 Å². The van der Waals surface area contributed by atoms with Gasteiger partial charge < -0.3 is 66.6 Å². The summed E-state index contributed by atoms with van der Waals surface area (Å²) in [7, 11) is -7.47. The second-order valence-corrected chi connectivity index (χ2v) is 86.9. The third-order valence-electron chi connectivity index (χ3n) is 39.8. The molecule has 0 amide bonds. The topological polar surface area (TPSA) is 168 Å². The van der Waals surface area contributed by atoms with Crippen LogP contribution in [0.1, 0.15) is 363 Å². The van der Waals surface area contributed by atoms with Crippen molar-refractivity contribution >= 4 is 64.6 Å². The number of carbonyl (C=O) groups is 1. The Kier molecular flexibility index (Phi) is 51.6. The first-order valence-electron chi connectivity index (χ1n) is 57.8. The van der Waals surface area contributed by atoms with Crippen LogP contribution in [0.4, 0.5) is 0 Å². The molecule has 849 valence electrons. The van der Waals surface area contributed by atoms with Crippen LogP contribution in [0, 0.1) is 69.5 Å². The van der Waals surface area contributed by atoms with E-state index in [-0.39, 0.29) is 136 Å². The minimum absolute atomic E-state index is 0. The maximum absolute atomic E-state index is 12.1. The largest absolute Gasteiger partial charge is 1.00 e. The van der Waals surface area contributed by atoms with Crippen molar-refractivity contribution in [2.24, 2.45) is 69.5 Å². The van der Waals surface area contributed by atoms with Gasteiger partial charge in [-0.05, 0) is 397 Å². The molecule has 0 heterocycles. The van der Waals surface area contributed by atoms with Crippen molar-refractivity contribution < 1.29 is 101 Å². The number of allylic oxidation sites excluding steroid dienone is 13. The molecule has 18 atom stereocenters. The van der Waals surface area contributed by atoms with Gasteiger partial charge in [0.25, 0.3) is 0 Å². The summed E-state index contributed by atoms with van der Waals surface area (Å²) in [4.78, 5) is 12.1. The van der Waals surface area contributed by atoms with Gasteiger partial charge in [0.05, 0.1) is 66.6 Å². The van der Waals surface area contributed by atoms with E-state index in [1.807, 2.05) is 12.2 Å². The van der Waals surface area contributed by atoms with Gasteiger partial charge in [0.2, 0.25) is 0 Å². The Morgan fingerprint density at radius 2 is 0.544 bits per heavy atom. The molecule has 149 heavy (non-hydrogen) atoms. The van der Waals surface area contributed by atoms with Gasteiger partial charge in [-0.2, -0.15) is 0 Å². The number of aldehydes is 1. The molecule has 0 saturated heterocycles. The number of ether oxygens (including phenoxy) is 6. The Morgan fingerprint density at radius 3 is 0.732 bits per heavy atom. The van der Waals surface area contributed by atoms with E-state index < -0.39 is 49.9 Å². The third-order valence-corrected chi connectivity index (χ3v) is 66.7. The molecular formula is C126H227BNaO15Si6. The van der Waals surface area contributed by atoms with Crippen molar-refractivity contribution in [2.45, 2.75) is 524 Å². The zero-order valence-corrected chi connectivity index (χ0v) is 113. The summed E-state index contributed by atoms with van der Waals surface area (Å²) < 4.78 is 76.0. The molecule has 2 N–H and O–H groups in total. The zero-order valence-electron chi connectivity index (χ0n) is 106. The molecule has 0 aromatic carbocycles. The molecule has 23 heteroatoms. The van der Waals surface area contributed by atoms with Crippen LogP contribution < -0.4 is 29.6 Å². The van der Waals surface area contributed by atoms with E-state index in [0.717, 1.165) is 80.8 Å². The molecule has 0 aromatic heterocycles. The first-order valence-corrected chi connectivity index (χ1v) is 75.3. The van der Waals surface area contributed by atoms with Gasteiger partial charge in [0.15, 0.2) is 49.9 Å². The third kappa shape index (κ3) is 37.2. The van der Waals surface area contributed by atoms with Crippen LogP contribution >= 0.6 is 0 Å². The van der Waals surface area contributed by atoms with Gasteiger partial charge >= 0.3 is 29.6 Å². The fraction of sp³-hybridized carbons (Fsp3) is 0.802. The minimum atomic E-state index is -2.11. The van der Waals surface area contributed by atoms with E-state index in [0.29, 0.717) is 89.9 Å². The van der Waals surface area contributed by atoms with E-state index in [1.54, 1.807) is 44.1 Å².